The number of aromatic nitrogens is 2. The molecular weight excluding hydrogens is 617 g/mol. The van der Waals surface area contributed by atoms with Crippen LogP contribution in [0.5, 0.6) is 5.88 Å². The van der Waals surface area contributed by atoms with Crippen molar-refractivity contribution in [2.24, 2.45) is 0 Å². The molecule has 11 nitrogen and oxygen atoms in total. The molecule has 0 saturated carbocycles. The topological polar surface area (TPSA) is 118 Å². The van der Waals surface area contributed by atoms with Gasteiger partial charge in [0.2, 0.25) is 5.88 Å². The molecule has 2 aromatic heterocycles. The molecule has 0 bridgehead atoms. The molecule has 47 heavy (non-hydrogen) atoms. The van der Waals surface area contributed by atoms with Crippen LogP contribution in [0.15, 0.2) is 48.7 Å². The average Bonchev–Trinajstić information content (AvgIpc) is 3.01. The predicted molar refractivity (Wildman–Crippen MR) is 171 cm³/mol. The molecule has 2 N–H and O–H groups in total. The summed E-state index contributed by atoms with van der Waals surface area (Å²) in [6, 6.07) is 10.6. The number of morpholine rings is 1. The van der Waals surface area contributed by atoms with Crippen LogP contribution in [0.25, 0.3) is 11.1 Å². The van der Waals surface area contributed by atoms with Crippen molar-refractivity contribution >= 4 is 29.3 Å². The van der Waals surface area contributed by atoms with Gasteiger partial charge in [-0.15, -0.1) is 0 Å². The second-order valence-corrected chi connectivity index (χ2v) is 12.5. The van der Waals surface area contributed by atoms with Crippen molar-refractivity contribution in [2.75, 3.05) is 54.9 Å². The van der Waals surface area contributed by atoms with E-state index in [0.29, 0.717) is 63.8 Å². The minimum absolute atomic E-state index is 0.117. The Morgan fingerprint density at radius 3 is 2.26 bits per heavy atom. The maximum Gasteiger partial charge on any atom is 0.433 e. The number of halogens is 3. The van der Waals surface area contributed by atoms with E-state index in [1.807, 2.05) is 52.0 Å². The third-order valence-corrected chi connectivity index (χ3v) is 7.62. The largest absolute Gasteiger partial charge is 0.474 e. The summed E-state index contributed by atoms with van der Waals surface area (Å²) in [5.74, 6) is 1.18. The molecule has 2 fully saturated rings. The van der Waals surface area contributed by atoms with Crippen LogP contribution in [0.3, 0.4) is 0 Å². The monoisotopic (exact) mass is 656 g/mol. The van der Waals surface area contributed by atoms with Gasteiger partial charge in [-0.2, -0.15) is 18.2 Å². The lowest BCUT2D eigenvalue weighted by molar-refractivity contribution is -0.141. The third-order valence-electron chi connectivity index (χ3n) is 7.62. The number of pyridine rings is 2. The molecule has 3 aromatic rings. The number of carbonyl (C=O) groups excluding carboxylic acids is 2. The normalized spacial score (nSPS) is 16.1. The number of ether oxygens (including phenoxy) is 3. The Morgan fingerprint density at radius 2 is 1.62 bits per heavy atom. The minimum atomic E-state index is -4.57. The molecule has 0 atom stereocenters. The number of carbonyl (C=O) groups is 2. The standard InChI is InChI=1S/C33H39F3N6O5/c1-21-5-6-23(38-30(43)39-24-7-8-27(37-20-24)33(34,35)36)19-26(21)22-17-28(41-13-15-45-16-14-41)40-29(18-22)46-25-9-11-42(12-10-25)31(44)47-32(2,3)4/h5-8,17-20,25H,9-16H2,1-4H3,(H2,38,39,43). The Morgan fingerprint density at radius 1 is 0.936 bits per heavy atom. The lowest BCUT2D eigenvalue weighted by Crippen LogP contribution is -2.44. The molecule has 3 amide bonds. The molecule has 14 heteroatoms. The van der Waals surface area contributed by atoms with Gasteiger partial charge in [-0.25, -0.2) is 14.6 Å². The summed E-state index contributed by atoms with van der Waals surface area (Å²) in [5, 5.41) is 5.25. The fraction of sp³-hybridized carbons (Fsp3) is 0.455. The van der Waals surface area contributed by atoms with Crippen LogP contribution in [0, 0.1) is 6.92 Å². The summed E-state index contributed by atoms with van der Waals surface area (Å²) < 4.78 is 56.0. The Balaban J connectivity index is 1.32. The number of aryl methyl sites for hydroxylation is 1. The number of piperidine rings is 1. The lowest BCUT2D eigenvalue weighted by atomic mass is 10.00. The van der Waals surface area contributed by atoms with Crippen molar-refractivity contribution in [1.82, 2.24) is 14.9 Å². The van der Waals surface area contributed by atoms with Crippen molar-refractivity contribution in [3.63, 3.8) is 0 Å². The van der Waals surface area contributed by atoms with Crippen LogP contribution >= 0.6 is 0 Å². The van der Waals surface area contributed by atoms with Gasteiger partial charge in [0.15, 0.2) is 0 Å². The Bertz CT molecular complexity index is 1560. The maximum absolute atomic E-state index is 12.8. The number of urea groups is 1. The predicted octanol–water partition coefficient (Wildman–Crippen LogP) is 6.73. The number of nitrogens with one attached hydrogen (secondary N) is 2. The molecule has 0 spiro atoms. The Hall–Kier alpha value is -4.59. The summed E-state index contributed by atoms with van der Waals surface area (Å²) >= 11 is 0. The van der Waals surface area contributed by atoms with Gasteiger partial charge in [0, 0.05) is 50.8 Å². The van der Waals surface area contributed by atoms with Crippen molar-refractivity contribution < 1.29 is 37.0 Å². The van der Waals surface area contributed by atoms with Crippen LogP contribution in [-0.4, -0.2) is 78.1 Å². The molecular formula is C33H39F3N6O5. The van der Waals surface area contributed by atoms with Gasteiger partial charge < -0.3 is 34.6 Å². The number of nitrogens with zero attached hydrogens (tertiary/aromatic N) is 4. The number of likely N-dealkylation sites (tertiary alicyclic amines) is 1. The van der Waals surface area contributed by atoms with Gasteiger partial charge in [0.05, 0.1) is 25.1 Å². The first kappa shape index (κ1) is 33.8. The highest BCUT2D eigenvalue weighted by atomic mass is 19.4. The van der Waals surface area contributed by atoms with Crippen molar-refractivity contribution in [1.29, 1.82) is 0 Å². The van der Waals surface area contributed by atoms with E-state index < -0.39 is 23.5 Å². The van der Waals surface area contributed by atoms with E-state index in [1.165, 1.54) is 0 Å². The summed E-state index contributed by atoms with van der Waals surface area (Å²) in [5.41, 5.74) is 1.59. The van der Waals surface area contributed by atoms with Crippen molar-refractivity contribution in [3.05, 3.63) is 59.9 Å². The molecule has 5 rings (SSSR count). The number of alkyl halides is 3. The first-order valence-electron chi connectivity index (χ1n) is 15.5. The first-order chi connectivity index (χ1) is 22.2. The molecule has 2 aliphatic heterocycles. The van der Waals surface area contributed by atoms with E-state index in [2.05, 4.69) is 20.5 Å². The minimum Gasteiger partial charge on any atom is -0.474 e. The Kier molecular flexibility index (Phi) is 10.1. The average molecular weight is 657 g/mol. The van der Waals surface area contributed by atoms with E-state index in [1.54, 1.807) is 11.0 Å². The van der Waals surface area contributed by atoms with Gasteiger partial charge in [-0.3, -0.25) is 0 Å². The van der Waals surface area contributed by atoms with Gasteiger partial charge >= 0.3 is 18.3 Å². The highest BCUT2D eigenvalue weighted by Gasteiger charge is 2.32. The molecule has 0 radical (unpaired) electrons. The summed E-state index contributed by atoms with van der Waals surface area (Å²) in [6.07, 6.45) is -2.85. The fourth-order valence-corrected chi connectivity index (χ4v) is 5.25. The van der Waals surface area contributed by atoms with E-state index in [0.717, 1.165) is 40.8 Å². The summed E-state index contributed by atoms with van der Waals surface area (Å²) in [7, 11) is 0. The van der Waals surface area contributed by atoms with Gasteiger partial charge in [-0.05, 0) is 74.7 Å². The van der Waals surface area contributed by atoms with E-state index >= 15 is 0 Å². The van der Waals surface area contributed by atoms with E-state index in [4.69, 9.17) is 19.2 Å². The SMILES string of the molecule is Cc1ccc(NC(=O)Nc2ccc(C(F)(F)F)nc2)cc1-c1cc(OC2CCN(C(=O)OC(C)(C)C)CC2)nc(N2CCOCC2)c1. The smallest absolute Gasteiger partial charge is 0.433 e. The molecule has 4 heterocycles. The maximum atomic E-state index is 12.8. The number of rotatable bonds is 6. The second-order valence-electron chi connectivity index (χ2n) is 12.5. The number of amides is 3. The number of benzene rings is 1. The Labute approximate surface area is 271 Å². The summed E-state index contributed by atoms with van der Waals surface area (Å²) in [6.45, 7) is 11.0. The zero-order valence-electron chi connectivity index (χ0n) is 26.8. The number of hydrogen-bond donors (Lipinski definition) is 2. The van der Waals surface area contributed by atoms with Crippen LogP contribution in [0.4, 0.5) is 40.0 Å². The van der Waals surface area contributed by atoms with Crippen LogP contribution < -0.4 is 20.3 Å². The van der Waals surface area contributed by atoms with Crippen LogP contribution in [0.2, 0.25) is 0 Å². The number of anilines is 3. The highest BCUT2D eigenvalue weighted by molar-refractivity contribution is 6.00. The number of hydrogen-bond acceptors (Lipinski definition) is 8. The van der Waals surface area contributed by atoms with Gasteiger partial charge in [0.1, 0.15) is 23.2 Å². The van der Waals surface area contributed by atoms with Crippen molar-refractivity contribution in [3.8, 4) is 17.0 Å². The molecule has 0 aliphatic carbocycles. The zero-order chi connectivity index (χ0) is 33.8. The fourth-order valence-electron chi connectivity index (χ4n) is 5.25. The summed E-state index contributed by atoms with van der Waals surface area (Å²) in [4.78, 5) is 37.3. The van der Waals surface area contributed by atoms with Gasteiger partial charge in [-0.1, -0.05) is 6.07 Å². The van der Waals surface area contributed by atoms with Crippen molar-refractivity contribution in [2.45, 2.75) is 58.4 Å². The van der Waals surface area contributed by atoms with E-state index in [-0.39, 0.29) is 17.9 Å². The van der Waals surface area contributed by atoms with Crippen LogP contribution in [0.1, 0.15) is 44.9 Å². The molecule has 2 aliphatic rings. The first-order valence-corrected chi connectivity index (χ1v) is 15.5. The second kappa shape index (κ2) is 14.0. The molecule has 1 aromatic carbocycles. The lowest BCUT2D eigenvalue weighted by Gasteiger charge is -2.33. The van der Waals surface area contributed by atoms with E-state index in [9.17, 15) is 22.8 Å². The molecule has 0 unspecified atom stereocenters. The van der Waals surface area contributed by atoms with Gasteiger partial charge in [0.25, 0.3) is 0 Å². The molecule has 2 saturated heterocycles. The quantitative estimate of drug-likeness (QED) is 0.300. The zero-order valence-corrected chi connectivity index (χ0v) is 26.8. The van der Waals surface area contributed by atoms with Crippen LogP contribution in [-0.2, 0) is 15.7 Å². The highest BCUT2D eigenvalue weighted by Crippen LogP contribution is 2.33. The third kappa shape index (κ3) is 9.24. The molecule has 252 valence electrons.